The van der Waals surface area contributed by atoms with Crippen LogP contribution in [0.25, 0.3) is 0 Å². The molecule has 1 aromatic rings. The lowest BCUT2D eigenvalue weighted by Gasteiger charge is -2.18. The highest BCUT2D eigenvalue weighted by atomic mass is 16.6. The molecular formula is C11H16N4O3. The summed E-state index contributed by atoms with van der Waals surface area (Å²) in [7, 11) is 0. The fraction of sp³-hybridized carbons (Fsp3) is 0.364. The lowest BCUT2D eigenvalue weighted by molar-refractivity contribution is -0.385. The lowest BCUT2D eigenvalue weighted by Crippen LogP contribution is -2.31. The standard InChI is InChI=1S/C11H16N4O3/c1-3-14(4-2)11(16)9-7-8(13-12)5-6-10(9)15(17)18/h5-7,13H,3-4,12H2,1-2H3. The minimum absolute atomic E-state index is 0.0409. The molecule has 3 N–H and O–H groups in total. The molecule has 0 saturated carbocycles. The Labute approximate surface area is 105 Å². The van der Waals surface area contributed by atoms with Crippen LogP contribution >= 0.6 is 0 Å². The van der Waals surface area contributed by atoms with Gasteiger partial charge < -0.3 is 10.3 Å². The van der Waals surface area contributed by atoms with Crippen molar-refractivity contribution in [3.8, 4) is 0 Å². The molecule has 0 aromatic heterocycles. The molecule has 7 heteroatoms. The van der Waals surface area contributed by atoms with Crippen molar-refractivity contribution in [3.05, 3.63) is 33.9 Å². The molecule has 18 heavy (non-hydrogen) atoms. The molecule has 0 atom stereocenters. The van der Waals surface area contributed by atoms with Crippen LogP contribution in [0, 0.1) is 10.1 Å². The number of benzene rings is 1. The average Bonchev–Trinajstić information content (AvgIpc) is 2.39. The molecule has 0 saturated heterocycles. The second-order valence-corrected chi connectivity index (χ2v) is 3.61. The van der Waals surface area contributed by atoms with E-state index in [9.17, 15) is 14.9 Å². The monoisotopic (exact) mass is 252 g/mol. The van der Waals surface area contributed by atoms with Crippen LogP contribution in [-0.4, -0.2) is 28.8 Å². The van der Waals surface area contributed by atoms with Crippen LogP contribution in [-0.2, 0) is 0 Å². The number of nitrogens with two attached hydrogens (primary N) is 1. The van der Waals surface area contributed by atoms with Crippen LogP contribution in [0.4, 0.5) is 11.4 Å². The van der Waals surface area contributed by atoms with Crippen LogP contribution in [0.15, 0.2) is 18.2 Å². The predicted octanol–water partition coefficient (Wildman–Crippen LogP) is 1.36. The van der Waals surface area contributed by atoms with Gasteiger partial charge in [0.15, 0.2) is 0 Å². The number of carbonyl (C=O) groups excluding carboxylic acids is 1. The molecule has 0 bridgehead atoms. The second-order valence-electron chi connectivity index (χ2n) is 3.61. The molecule has 0 fully saturated rings. The van der Waals surface area contributed by atoms with Crippen LogP contribution in [0.5, 0.6) is 0 Å². The highest BCUT2D eigenvalue weighted by Gasteiger charge is 2.23. The van der Waals surface area contributed by atoms with E-state index in [1.165, 1.54) is 23.1 Å². The number of rotatable bonds is 5. The Hall–Kier alpha value is -2.15. The number of hydrogen-bond donors (Lipinski definition) is 2. The Kier molecular flexibility index (Phi) is 4.61. The largest absolute Gasteiger partial charge is 0.339 e. The highest BCUT2D eigenvalue weighted by molar-refractivity contribution is 5.99. The Morgan fingerprint density at radius 2 is 2.06 bits per heavy atom. The summed E-state index contributed by atoms with van der Waals surface area (Å²) in [6.07, 6.45) is 0. The van der Waals surface area contributed by atoms with E-state index >= 15 is 0 Å². The summed E-state index contributed by atoms with van der Waals surface area (Å²) < 4.78 is 0. The van der Waals surface area contributed by atoms with E-state index < -0.39 is 4.92 Å². The van der Waals surface area contributed by atoms with Gasteiger partial charge in [0.05, 0.1) is 4.92 Å². The van der Waals surface area contributed by atoms with E-state index in [-0.39, 0.29) is 17.2 Å². The number of carbonyl (C=O) groups is 1. The van der Waals surface area contributed by atoms with Gasteiger partial charge in [0.25, 0.3) is 11.6 Å². The SMILES string of the molecule is CCN(CC)C(=O)c1cc(NN)ccc1[N+](=O)[O-]. The van der Waals surface area contributed by atoms with Crippen LogP contribution in [0.3, 0.4) is 0 Å². The van der Waals surface area contributed by atoms with Gasteiger partial charge in [-0.3, -0.25) is 20.8 Å². The van der Waals surface area contributed by atoms with Crippen molar-refractivity contribution >= 4 is 17.3 Å². The van der Waals surface area contributed by atoms with E-state index in [0.29, 0.717) is 18.8 Å². The first kappa shape index (κ1) is 13.9. The van der Waals surface area contributed by atoms with Gasteiger partial charge in [0.1, 0.15) is 5.56 Å². The minimum Gasteiger partial charge on any atom is -0.339 e. The number of nitrogens with one attached hydrogen (secondary N) is 1. The molecule has 0 aliphatic heterocycles. The normalized spacial score (nSPS) is 9.94. The number of hydrazine groups is 1. The first-order chi connectivity index (χ1) is 8.54. The van der Waals surface area contributed by atoms with Crippen molar-refractivity contribution in [2.24, 2.45) is 5.84 Å². The Balaban J connectivity index is 3.26. The quantitative estimate of drug-likeness (QED) is 0.468. The van der Waals surface area contributed by atoms with Gasteiger partial charge in [0.2, 0.25) is 0 Å². The maximum absolute atomic E-state index is 12.2. The van der Waals surface area contributed by atoms with E-state index in [0.717, 1.165) is 0 Å². The van der Waals surface area contributed by atoms with E-state index in [4.69, 9.17) is 5.84 Å². The summed E-state index contributed by atoms with van der Waals surface area (Å²) in [4.78, 5) is 24.0. The van der Waals surface area contributed by atoms with E-state index in [1.807, 2.05) is 13.8 Å². The van der Waals surface area contributed by atoms with Gasteiger partial charge in [-0.25, -0.2) is 0 Å². The lowest BCUT2D eigenvalue weighted by atomic mass is 10.1. The predicted molar refractivity (Wildman–Crippen MR) is 68.2 cm³/mol. The zero-order valence-corrected chi connectivity index (χ0v) is 10.3. The average molecular weight is 252 g/mol. The molecule has 0 heterocycles. The molecule has 0 radical (unpaired) electrons. The van der Waals surface area contributed by atoms with Crippen molar-refractivity contribution in [2.45, 2.75) is 13.8 Å². The van der Waals surface area contributed by atoms with E-state index in [2.05, 4.69) is 5.43 Å². The van der Waals surface area contributed by atoms with Gasteiger partial charge in [-0.2, -0.15) is 0 Å². The summed E-state index contributed by atoms with van der Waals surface area (Å²) in [5, 5.41) is 10.9. The smallest absolute Gasteiger partial charge is 0.282 e. The van der Waals surface area contributed by atoms with Crippen molar-refractivity contribution in [1.82, 2.24) is 4.90 Å². The number of nitro benzene ring substituents is 1. The summed E-state index contributed by atoms with van der Waals surface area (Å²) in [5.41, 5.74) is 2.65. The summed E-state index contributed by atoms with van der Waals surface area (Å²) in [6, 6.07) is 4.11. The van der Waals surface area contributed by atoms with Gasteiger partial charge in [-0.1, -0.05) is 0 Å². The Morgan fingerprint density at radius 1 is 1.44 bits per heavy atom. The summed E-state index contributed by atoms with van der Waals surface area (Å²) in [6.45, 7) is 4.62. The minimum atomic E-state index is -0.572. The van der Waals surface area contributed by atoms with Crippen molar-refractivity contribution in [2.75, 3.05) is 18.5 Å². The van der Waals surface area contributed by atoms with Crippen molar-refractivity contribution < 1.29 is 9.72 Å². The van der Waals surface area contributed by atoms with Crippen LogP contribution in [0.2, 0.25) is 0 Å². The van der Waals surface area contributed by atoms with E-state index in [1.54, 1.807) is 0 Å². The highest BCUT2D eigenvalue weighted by Crippen LogP contribution is 2.23. The zero-order valence-electron chi connectivity index (χ0n) is 10.3. The summed E-state index contributed by atoms with van der Waals surface area (Å²) in [5.74, 6) is 4.87. The zero-order chi connectivity index (χ0) is 13.7. The molecule has 1 amide bonds. The van der Waals surface area contributed by atoms with Gasteiger partial charge in [-0.05, 0) is 26.0 Å². The first-order valence-corrected chi connectivity index (χ1v) is 5.59. The number of nitrogens with zero attached hydrogens (tertiary/aromatic N) is 2. The third kappa shape index (κ3) is 2.75. The van der Waals surface area contributed by atoms with Gasteiger partial charge in [-0.15, -0.1) is 0 Å². The molecule has 0 aliphatic rings. The number of nitrogen functional groups attached to an aromatic ring is 1. The number of amides is 1. The molecule has 0 aliphatic carbocycles. The first-order valence-electron chi connectivity index (χ1n) is 5.59. The fourth-order valence-corrected chi connectivity index (χ4v) is 1.64. The summed E-state index contributed by atoms with van der Waals surface area (Å²) >= 11 is 0. The third-order valence-electron chi connectivity index (χ3n) is 2.64. The third-order valence-corrected chi connectivity index (χ3v) is 2.64. The molecule has 7 nitrogen and oxygen atoms in total. The molecule has 0 spiro atoms. The molecule has 1 aromatic carbocycles. The van der Waals surface area contributed by atoms with Gasteiger partial charge in [0, 0.05) is 24.8 Å². The van der Waals surface area contributed by atoms with Crippen molar-refractivity contribution in [1.29, 1.82) is 0 Å². The van der Waals surface area contributed by atoms with Gasteiger partial charge >= 0.3 is 0 Å². The molecule has 0 unspecified atom stereocenters. The van der Waals surface area contributed by atoms with Crippen LogP contribution < -0.4 is 11.3 Å². The molecule has 1 rings (SSSR count). The second kappa shape index (κ2) is 5.97. The Bertz CT molecular complexity index is 458. The number of anilines is 1. The maximum atomic E-state index is 12.2. The number of nitro groups is 1. The topological polar surface area (TPSA) is 102 Å². The molecule has 98 valence electrons. The molecular weight excluding hydrogens is 236 g/mol. The van der Waals surface area contributed by atoms with Crippen molar-refractivity contribution in [3.63, 3.8) is 0 Å². The number of hydrogen-bond acceptors (Lipinski definition) is 5. The Morgan fingerprint density at radius 3 is 2.50 bits per heavy atom. The fourth-order valence-electron chi connectivity index (χ4n) is 1.64. The maximum Gasteiger partial charge on any atom is 0.282 e. The van der Waals surface area contributed by atoms with Crippen LogP contribution in [0.1, 0.15) is 24.2 Å².